The predicted octanol–water partition coefficient (Wildman–Crippen LogP) is 1.11. The maximum atomic E-state index is 11.8. The third kappa shape index (κ3) is 3.52. The number of carbonyl (C=O) groups is 1. The first kappa shape index (κ1) is 13.5. The van der Waals surface area contributed by atoms with Crippen molar-refractivity contribution < 1.29 is 13.9 Å². The van der Waals surface area contributed by atoms with Gasteiger partial charge in [-0.15, -0.1) is 0 Å². The molecule has 2 fully saturated rings. The molecular formula is C14H21N3O3. The lowest BCUT2D eigenvalue weighted by Crippen LogP contribution is -2.46. The van der Waals surface area contributed by atoms with Gasteiger partial charge in [0.1, 0.15) is 5.76 Å². The Morgan fingerprint density at radius 1 is 1.40 bits per heavy atom. The SMILES string of the molecule is O=C(NCC(c1ccco1)N1CCOCC1)NC1CC1. The minimum atomic E-state index is -0.0858. The second kappa shape index (κ2) is 6.28. The molecule has 20 heavy (non-hydrogen) atoms. The van der Waals surface area contributed by atoms with Crippen molar-refractivity contribution >= 4 is 6.03 Å². The zero-order valence-corrected chi connectivity index (χ0v) is 11.5. The van der Waals surface area contributed by atoms with Crippen LogP contribution in [-0.2, 0) is 4.74 Å². The maximum Gasteiger partial charge on any atom is 0.315 e. The molecule has 3 rings (SSSR count). The molecule has 6 nitrogen and oxygen atoms in total. The first-order chi connectivity index (χ1) is 9.83. The zero-order valence-electron chi connectivity index (χ0n) is 11.5. The highest BCUT2D eigenvalue weighted by Gasteiger charge is 2.27. The number of carbonyl (C=O) groups excluding carboxylic acids is 1. The molecule has 2 N–H and O–H groups in total. The molecule has 6 heteroatoms. The van der Waals surface area contributed by atoms with Crippen molar-refractivity contribution in [3.8, 4) is 0 Å². The van der Waals surface area contributed by atoms with E-state index in [9.17, 15) is 4.79 Å². The van der Waals surface area contributed by atoms with Crippen LogP contribution in [0.15, 0.2) is 22.8 Å². The number of urea groups is 1. The molecule has 2 aliphatic rings. The summed E-state index contributed by atoms with van der Waals surface area (Å²) in [7, 11) is 0. The second-order valence-electron chi connectivity index (χ2n) is 5.31. The summed E-state index contributed by atoms with van der Waals surface area (Å²) in [5.74, 6) is 0.888. The lowest BCUT2D eigenvalue weighted by atomic mass is 10.1. The summed E-state index contributed by atoms with van der Waals surface area (Å²) >= 11 is 0. The Bertz CT molecular complexity index is 425. The fourth-order valence-corrected chi connectivity index (χ4v) is 2.43. The number of hydrogen-bond acceptors (Lipinski definition) is 4. The monoisotopic (exact) mass is 279 g/mol. The van der Waals surface area contributed by atoms with Crippen LogP contribution in [0.4, 0.5) is 4.79 Å². The van der Waals surface area contributed by atoms with Gasteiger partial charge in [-0.3, -0.25) is 4.90 Å². The zero-order chi connectivity index (χ0) is 13.8. The van der Waals surface area contributed by atoms with Crippen molar-refractivity contribution in [2.75, 3.05) is 32.8 Å². The van der Waals surface area contributed by atoms with Crippen LogP contribution >= 0.6 is 0 Å². The number of nitrogens with zero attached hydrogens (tertiary/aromatic N) is 1. The van der Waals surface area contributed by atoms with E-state index in [-0.39, 0.29) is 12.1 Å². The number of hydrogen-bond donors (Lipinski definition) is 2. The Hall–Kier alpha value is -1.53. The van der Waals surface area contributed by atoms with Gasteiger partial charge in [0.05, 0.1) is 25.5 Å². The fraction of sp³-hybridized carbons (Fsp3) is 0.643. The van der Waals surface area contributed by atoms with E-state index in [4.69, 9.17) is 9.15 Å². The molecule has 0 radical (unpaired) electrons. The molecule has 0 aromatic carbocycles. The molecule has 1 unspecified atom stereocenters. The average Bonchev–Trinajstić information content (AvgIpc) is 3.12. The largest absolute Gasteiger partial charge is 0.468 e. The summed E-state index contributed by atoms with van der Waals surface area (Å²) in [4.78, 5) is 14.0. The minimum Gasteiger partial charge on any atom is -0.468 e. The molecule has 2 heterocycles. The third-order valence-corrected chi connectivity index (χ3v) is 3.73. The summed E-state index contributed by atoms with van der Waals surface area (Å²) in [6.45, 7) is 3.72. The van der Waals surface area contributed by atoms with Crippen LogP contribution in [0.3, 0.4) is 0 Å². The number of nitrogens with one attached hydrogen (secondary N) is 2. The Kier molecular flexibility index (Phi) is 4.22. The molecule has 1 aliphatic heterocycles. The van der Waals surface area contributed by atoms with Gasteiger partial charge in [-0.2, -0.15) is 0 Å². The highest BCUT2D eigenvalue weighted by atomic mass is 16.5. The van der Waals surface area contributed by atoms with Crippen LogP contribution in [0, 0.1) is 0 Å². The molecule has 0 spiro atoms. The molecular weight excluding hydrogens is 258 g/mol. The maximum absolute atomic E-state index is 11.8. The van der Waals surface area contributed by atoms with Gasteiger partial charge in [-0.1, -0.05) is 0 Å². The summed E-state index contributed by atoms with van der Waals surface area (Å²) < 4.78 is 10.9. The minimum absolute atomic E-state index is 0.0684. The number of rotatable bonds is 5. The van der Waals surface area contributed by atoms with Gasteiger partial charge in [0, 0.05) is 25.7 Å². The van der Waals surface area contributed by atoms with Crippen LogP contribution in [0.2, 0.25) is 0 Å². The Morgan fingerprint density at radius 3 is 2.85 bits per heavy atom. The molecule has 1 saturated carbocycles. The fourth-order valence-electron chi connectivity index (χ4n) is 2.43. The summed E-state index contributed by atoms with van der Waals surface area (Å²) in [6.07, 6.45) is 3.87. The van der Waals surface area contributed by atoms with E-state index in [0.717, 1.165) is 44.9 Å². The van der Waals surface area contributed by atoms with E-state index in [1.807, 2.05) is 12.1 Å². The molecule has 1 aromatic heterocycles. The van der Waals surface area contributed by atoms with Crippen molar-refractivity contribution in [2.24, 2.45) is 0 Å². The van der Waals surface area contributed by atoms with Gasteiger partial charge < -0.3 is 19.8 Å². The first-order valence-corrected chi connectivity index (χ1v) is 7.22. The molecule has 1 aromatic rings. The molecule has 0 bridgehead atoms. The lowest BCUT2D eigenvalue weighted by molar-refractivity contribution is 0.0123. The summed E-state index contributed by atoms with van der Waals surface area (Å²) in [5.41, 5.74) is 0. The summed E-state index contributed by atoms with van der Waals surface area (Å²) in [5, 5.41) is 5.88. The second-order valence-corrected chi connectivity index (χ2v) is 5.31. The molecule has 110 valence electrons. The van der Waals surface area contributed by atoms with Crippen molar-refractivity contribution in [3.05, 3.63) is 24.2 Å². The van der Waals surface area contributed by atoms with Crippen LogP contribution < -0.4 is 10.6 Å². The smallest absolute Gasteiger partial charge is 0.315 e. The Balaban J connectivity index is 1.57. The Morgan fingerprint density at radius 2 is 2.20 bits per heavy atom. The van der Waals surface area contributed by atoms with E-state index >= 15 is 0 Å². The normalized spacial score (nSPS) is 21.4. The Labute approximate surface area is 118 Å². The van der Waals surface area contributed by atoms with Gasteiger partial charge >= 0.3 is 6.03 Å². The molecule has 1 atom stereocenters. The quantitative estimate of drug-likeness (QED) is 0.847. The number of furan rings is 1. The van der Waals surface area contributed by atoms with Crippen molar-refractivity contribution in [3.63, 3.8) is 0 Å². The van der Waals surface area contributed by atoms with Crippen molar-refractivity contribution in [1.82, 2.24) is 15.5 Å². The van der Waals surface area contributed by atoms with Crippen LogP contribution in [0.1, 0.15) is 24.6 Å². The highest BCUT2D eigenvalue weighted by Crippen LogP contribution is 2.22. The van der Waals surface area contributed by atoms with Crippen LogP contribution in [-0.4, -0.2) is 49.8 Å². The van der Waals surface area contributed by atoms with E-state index in [1.165, 1.54) is 0 Å². The van der Waals surface area contributed by atoms with Gasteiger partial charge in [-0.25, -0.2) is 4.79 Å². The first-order valence-electron chi connectivity index (χ1n) is 7.22. The van der Waals surface area contributed by atoms with Gasteiger partial charge in [0.25, 0.3) is 0 Å². The number of ether oxygens (including phenoxy) is 1. The topological polar surface area (TPSA) is 66.7 Å². The summed E-state index contributed by atoms with van der Waals surface area (Å²) in [6, 6.07) is 4.20. The predicted molar refractivity (Wildman–Crippen MR) is 73.4 cm³/mol. The number of amides is 2. The third-order valence-electron chi connectivity index (χ3n) is 3.73. The molecule has 2 amide bonds. The van der Waals surface area contributed by atoms with E-state index in [1.54, 1.807) is 6.26 Å². The average molecular weight is 279 g/mol. The van der Waals surface area contributed by atoms with E-state index < -0.39 is 0 Å². The van der Waals surface area contributed by atoms with Crippen molar-refractivity contribution in [1.29, 1.82) is 0 Å². The van der Waals surface area contributed by atoms with Gasteiger partial charge in [-0.05, 0) is 25.0 Å². The molecule has 1 aliphatic carbocycles. The van der Waals surface area contributed by atoms with Crippen LogP contribution in [0.25, 0.3) is 0 Å². The van der Waals surface area contributed by atoms with Gasteiger partial charge in [0.15, 0.2) is 0 Å². The van der Waals surface area contributed by atoms with Gasteiger partial charge in [0.2, 0.25) is 0 Å². The van der Waals surface area contributed by atoms with E-state index in [0.29, 0.717) is 12.6 Å². The van der Waals surface area contributed by atoms with E-state index in [2.05, 4.69) is 15.5 Å². The standard InChI is InChI=1S/C14H21N3O3/c18-14(16-11-3-4-11)15-10-12(13-2-1-7-20-13)17-5-8-19-9-6-17/h1-2,7,11-12H,3-6,8-10H2,(H2,15,16,18). The van der Waals surface area contributed by atoms with Crippen molar-refractivity contribution in [2.45, 2.75) is 24.9 Å². The molecule has 1 saturated heterocycles. The highest BCUT2D eigenvalue weighted by molar-refractivity contribution is 5.74. The van der Waals surface area contributed by atoms with Crippen LogP contribution in [0.5, 0.6) is 0 Å². The lowest BCUT2D eigenvalue weighted by Gasteiger charge is -2.33. The number of morpholine rings is 1.